The molecule has 1 aliphatic carbocycles. The molecule has 4 nitrogen and oxygen atoms in total. The fraction of sp³-hybridized carbons (Fsp3) is 0.857. The van der Waals surface area contributed by atoms with Crippen molar-refractivity contribution in [2.24, 2.45) is 11.7 Å². The van der Waals surface area contributed by atoms with Crippen LogP contribution in [0.5, 0.6) is 0 Å². The van der Waals surface area contributed by atoms with Gasteiger partial charge in [0.05, 0.1) is 11.5 Å². The zero-order valence-electron chi connectivity index (χ0n) is 12.4. The summed E-state index contributed by atoms with van der Waals surface area (Å²) in [7, 11) is 0. The van der Waals surface area contributed by atoms with Gasteiger partial charge in [0, 0.05) is 5.92 Å². The van der Waals surface area contributed by atoms with Crippen LogP contribution in [0.25, 0.3) is 0 Å². The third-order valence-corrected chi connectivity index (χ3v) is 4.65. The van der Waals surface area contributed by atoms with E-state index in [1.54, 1.807) is 0 Å². The second-order valence-electron chi connectivity index (χ2n) is 5.86. The summed E-state index contributed by atoms with van der Waals surface area (Å²) in [5, 5.41) is 3.84. The van der Waals surface area contributed by atoms with E-state index in [0.717, 1.165) is 6.42 Å². The van der Waals surface area contributed by atoms with Crippen LogP contribution < -0.4 is 5.73 Å². The summed E-state index contributed by atoms with van der Waals surface area (Å²) in [5.41, 5.74) is 5.44. The molecule has 7 heteroatoms. The van der Waals surface area contributed by atoms with Crippen LogP contribution in [0.4, 0.5) is 13.2 Å². The van der Waals surface area contributed by atoms with Crippen molar-refractivity contribution in [3.05, 3.63) is 11.7 Å². The Kier molecular flexibility index (Phi) is 4.60. The topological polar surface area (TPSA) is 64.9 Å². The highest BCUT2D eigenvalue weighted by atomic mass is 19.4. The standard InChI is InChI=1S/C14H22F3N3O/c1-3-13(18,4-2)12-19-11(21-20-12)9-7-5-6-8-10(9)14(15,16)17/h9-10H,3-8,18H2,1-2H3. The Morgan fingerprint density at radius 1 is 1.19 bits per heavy atom. The van der Waals surface area contributed by atoms with Crippen LogP contribution in [0.1, 0.15) is 70.0 Å². The molecule has 2 rings (SSSR count). The average molecular weight is 305 g/mol. The monoisotopic (exact) mass is 305 g/mol. The van der Waals surface area contributed by atoms with Crippen LogP contribution in [0, 0.1) is 5.92 Å². The van der Waals surface area contributed by atoms with Gasteiger partial charge < -0.3 is 10.3 Å². The highest BCUT2D eigenvalue weighted by molar-refractivity contribution is 5.07. The van der Waals surface area contributed by atoms with Crippen LogP contribution in [-0.2, 0) is 5.54 Å². The van der Waals surface area contributed by atoms with E-state index in [-0.39, 0.29) is 12.3 Å². The van der Waals surface area contributed by atoms with Gasteiger partial charge in [0.25, 0.3) is 0 Å². The van der Waals surface area contributed by atoms with E-state index in [2.05, 4.69) is 10.1 Å². The van der Waals surface area contributed by atoms with Gasteiger partial charge in [-0.15, -0.1) is 0 Å². The molecule has 0 spiro atoms. The van der Waals surface area contributed by atoms with Gasteiger partial charge in [0.1, 0.15) is 0 Å². The van der Waals surface area contributed by atoms with Gasteiger partial charge in [-0.2, -0.15) is 18.2 Å². The Hall–Kier alpha value is -1.11. The quantitative estimate of drug-likeness (QED) is 0.916. The molecule has 2 N–H and O–H groups in total. The summed E-state index contributed by atoms with van der Waals surface area (Å²) in [5.74, 6) is -1.73. The first-order valence-electron chi connectivity index (χ1n) is 7.51. The number of halogens is 3. The van der Waals surface area contributed by atoms with Crippen molar-refractivity contribution in [2.45, 2.75) is 70.0 Å². The Labute approximate surface area is 122 Å². The molecule has 1 aromatic heterocycles. The van der Waals surface area contributed by atoms with Crippen LogP contribution in [0.3, 0.4) is 0 Å². The molecule has 0 aromatic carbocycles. The number of rotatable bonds is 4. The second-order valence-corrected chi connectivity index (χ2v) is 5.86. The number of hydrogen-bond acceptors (Lipinski definition) is 4. The predicted molar refractivity (Wildman–Crippen MR) is 71.5 cm³/mol. The lowest BCUT2D eigenvalue weighted by Crippen LogP contribution is -2.36. The summed E-state index contributed by atoms with van der Waals surface area (Å²) in [4.78, 5) is 4.21. The molecule has 1 saturated carbocycles. The Morgan fingerprint density at radius 3 is 2.38 bits per heavy atom. The average Bonchev–Trinajstić information content (AvgIpc) is 2.96. The van der Waals surface area contributed by atoms with Crippen molar-refractivity contribution in [1.82, 2.24) is 10.1 Å². The van der Waals surface area contributed by atoms with E-state index < -0.39 is 23.6 Å². The van der Waals surface area contributed by atoms with Gasteiger partial charge in [0.15, 0.2) is 5.82 Å². The SMILES string of the molecule is CCC(N)(CC)c1noc(C2CCCCC2C(F)(F)F)n1. The first-order valence-corrected chi connectivity index (χ1v) is 7.51. The number of nitrogens with two attached hydrogens (primary N) is 1. The van der Waals surface area contributed by atoms with E-state index in [4.69, 9.17) is 10.3 Å². The highest BCUT2D eigenvalue weighted by Crippen LogP contribution is 2.46. The summed E-state index contributed by atoms with van der Waals surface area (Å²) < 4.78 is 44.5. The molecule has 120 valence electrons. The van der Waals surface area contributed by atoms with Gasteiger partial charge in [-0.05, 0) is 25.7 Å². The summed E-state index contributed by atoms with van der Waals surface area (Å²) in [6.45, 7) is 3.80. The maximum absolute atomic E-state index is 13.1. The van der Waals surface area contributed by atoms with Crippen LogP contribution >= 0.6 is 0 Å². The van der Waals surface area contributed by atoms with Crippen LogP contribution in [0.2, 0.25) is 0 Å². The maximum Gasteiger partial charge on any atom is 0.392 e. The maximum atomic E-state index is 13.1. The molecule has 1 aliphatic rings. The largest absolute Gasteiger partial charge is 0.392 e. The Balaban J connectivity index is 2.27. The van der Waals surface area contributed by atoms with Crippen molar-refractivity contribution in [1.29, 1.82) is 0 Å². The third-order valence-electron chi connectivity index (χ3n) is 4.65. The second kappa shape index (κ2) is 5.94. The van der Waals surface area contributed by atoms with Gasteiger partial charge in [-0.25, -0.2) is 0 Å². The predicted octanol–water partition coefficient (Wildman–Crippen LogP) is 3.88. The molecule has 21 heavy (non-hydrogen) atoms. The molecular formula is C14H22F3N3O. The lowest BCUT2D eigenvalue weighted by molar-refractivity contribution is -0.189. The van der Waals surface area contributed by atoms with Gasteiger partial charge >= 0.3 is 6.18 Å². The first-order chi connectivity index (χ1) is 9.81. The highest BCUT2D eigenvalue weighted by Gasteiger charge is 2.48. The van der Waals surface area contributed by atoms with Crippen molar-refractivity contribution in [3.63, 3.8) is 0 Å². The van der Waals surface area contributed by atoms with Gasteiger partial charge in [-0.1, -0.05) is 31.8 Å². The van der Waals surface area contributed by atoms with E-state index in [1.807, 2.05) is 13.8 Å². The minimum Gasteiger partial charge on any atom is -0.339 e. The molecule has 0 bridgehead atoms. The van der Waals surface area contributed by atoms with Crippen molar-refractivity contribution in [2.75, 3.05) is 0 Å². The first kappa shape index (κ1) is 16.3. The molecule has 0 amide bonds. The van der Waals surface area contributed by atoms with Crippen molar-refractivity contribution < 1.29 is 17.7 Å². The van der Waals surface area contributed by atoms with E-state index in [0.29, 0.717) is 31.5 Å². The lowest BCUT2D eigenvalue weighted by Gasteiger charge is -2.30. The summed E-state index contributed by atoms with van der Waals surface area (Å²) in [6, 6.07) is 0. The van der Waals surface area contributed by atoms with Crippen molar-refractivity contribution >= 4 is 0 Å². The smallest absolute Gasteiger partial charge is 0.339 e. The van der Waals surface area contributed by atoms with Crippen LogP contribution in [-0.4, -0.2) is 16.3 Å². The zero-order valence-corrected chi connectivity index (χ0v) is 12.4. The molecule has 2 atom stereocenters. The minimum absolute atomic E-state index is 0.0868. The molecule has 0 saturated heterocycles. The molecule has 1 aromatic rings. The van der Waals surface area contributed by atoms with Crippen molar-refractivity contribution in [3.8, 4) is 0 Å². The van der Waals surface area contributed by atoms with Crippen LogP contribution in [0.15, 0.2) is 4.52 Å². The van der Waals surface area contributed by atoms with E-state index >= 15 is 0 Å². The van der Waals surface area contributed by atoms with E-state index in [1.165, 1.54) is 0 Å². The van der Waals surface area contributed by atoms with E-state index in [9.17, 15) is 13.2 Å². The molecule has 0 aliphatic heterocycles. The molecule has 0 radical (unpaired) electrons. The summed E-state index contributed by atoms with van der Waals surface area (Å²) in [6.07, 6.45) is -1.11. The fourth-order valence-electron chi connectivity index (χ4n) is 2.97. The Bertz CT molecular complexity index is 468. The zero-order chi connectivity index (χ0) is 15.7. The van der Waals surface area contributed by atoms with Gasteiger partial charge in [0.2, 0.25) is 5.89 Å². The number of nitrogens with zero attached hydrogens (tertiary/aromatic N) is 2. The molecule has 2 unspecified atom stereocenters. The lowest BCUT2D eigenvalue weighted by atomic mass is 9.78. The van der Waals surface area contributed by atoms with Gasteiger partial charge in [-0.3, -0.25) is 0 Å². The molecule has 1 fully saturated rings. The minimum atomic E-state index is -4.23. The number of hydrogen-bond donors (Lipinski definition) is 1. The molecular weight excluding hydrogens is 283 g/mol. The normalized spacial score (nSPS) is 24.3. The Morgan fingerprint density at radius 2 is 1.81 bits per heavy atom. The number of aromatic nitrogens is 2. The third kappa shape index (κ3) is 3.22. The fourth-order valence-corrected chi connectivity index (χ4v) is 2.97. The number of alkyl halides is 3. The summed E-state index contributed by atoms with van der Waals surface area (Å²) >= 11 is 0. The molecule has 1 heterocycles.